The summed E-state index contributed by atoms with van der Waals surface area (Å²) >= 11 is 0. The number of hydrogen-bond donors (Lipinski definition) is 3. The van der Waals surface area contributed by atoms with Crippen molar-refractivity contribution in [1.29, 1.82) is 0 Å². The quantitative estimate of drug-likeness (QED) is 0.421. The van der Waals surface area contributed by atoms with Gasteiger partial charge in [0.2, 0.25) is 0 Å². The van der Waals surface area contributed by atoms with Crippen LogP contribution in [0.1, 0.15) is 41.4 Å². The summed E-state index contributed by atoms with van der Waals surface area (Å²) < 4.78 is 0. The molecule has 0 radical (unpaired) electrons. The topological polar surface area (TPSA) is 138 Å². The Bertz CT molecular complexity index is 902. The lowest BCUT2D eigenvalue weighted by Crippen LogP contribution is -2.36. The van der Waals surface area contributed by atoms with E-state index in [0.29, 0.717) is 5.01 Å². The van der Waals surface area contributed by atoms with E-state index in [1.54, 1.807) is 0 Å². The number of imide groups is 1. The van der Waals surface area contributed by atoms with E-state index >= 15 is 0 Å². The predicted molar refractivity (Wildman–Crippen MR) is 72.6 cm³/mol. The fraction of sp³-hybridized carbons (Fsp3) is 0. The summed E-state index contributed by atoms with van der Waals surface area (Å²) in [5.41, 5.74) is -0.882. The molecule has 0 aliphatic carbocycles. The zero-order valence-corrected chi connectivity index (χ0v) is 10.9. The van der Waals surface area contributed by atoms with Crippen molar-refractivity contribution >= 4 is 34.5 Å². The number of nitrogens with zero attached hydrogens (tertiary/aromatic N) is 1. The fourth-order valence-electron chi connectivity index (χ4n) is 2.57. The molecule has 2 aromatic carbocycles. The Balaban J connectivity index is 2.56. The van der Waals surface area contributed by atoms with Gasteiger partial charge in [0.15, 0.2) is 0 Å². The van der Waals surface area contributed by atoms with Crippen LogP contribution in [-0.4, -0.2) is 39.0 Å². The average molecular weight is 300 g/mol. The van der Waals surface area contributed by atoms with Crippen LogP contribution in [0.25, 0.3) is 10.8 Å². The van der Waals surface area contributed by atoms with Gasteiger partial charge in [-0.05, 0) is 17.5 Å². The second kappa shape index (κ2) is 4.37. The summed E-state index contributed by atoms with van der Waals surface area (Å²) in [4.78, 5) is 46.7. The number of nitrogens with two attached hydrogens (primary N) is 1. The summed E-state index contributed by atoms with van der Waals surface area (Å²) in [5, 5.41) is 18.9. The van der Waals surface area contributed by atoms with Crippen molar-refractivity contribution in [3.63, 3.8) is 0 Å². The Morgan fingerprint density at radius 1 is 1.00 bits per heavy atom. The van der Waals surface area contributed by atoms with Gasteiger partial charge in [0.25, 0.3) is 11.8 Å². The maximum absolute atomic E-state index is 12.1. The van der Waals surface area contributed by atoms with E-state index in [0.717, 1.165) is 6.07 Å². The Labute approximate surface area is 122 Å². The average Bonchev–Trinajstić information content (AvgIpc) is 2.70. The molecule has 0 saturated carbocycles. The molecule has 4 N–H and O–H groups in total. The summed E-state index contributed by atoms with van der Waals surface area (Å²) in [7, 11) is 0. The van der Waals surface area contributed by atoms with E-state index in [1.807, 2.05) is 0 Å². The number of carbonyl (C=O) groups is 4. The molecule has 0 spiro atoms. The molecule has 1 heterocycles. The predicted octanol–water partition coefficient (Wildman–Crippen LogP) is 0.706. The minimum atomic E-state index is -1.41. The third-order valence-electron chi connectivity index (χ3n) is 3.50. The van der Waals surface area contributed by atoms with Gasteiger partial charge < -0.3 is 10.2 Å². The van der Waals surface area contributed by atoms with Crippen LogP contribution in [0.5, 0.6) is 0 Å². The van der Waals surface area contributed by atoms with Crippen LogP contribution < -0.4 is 5.84 Å². The zero-order chi connectivity index (χ0) is 16.2. The van der Waals surface area contributed by atoms with Crippen LogP contribution in [0, 0.1) is 0 Å². The minimum Gasteiger partial charge on any atom is -0.478 e. The molecular weight excluding hydrogens is 292 g/mol. The lowest BCUT2D eigenvalue weighted by Gasteiger charge is -2.09. The Kier molecular flexibility index (Phi) is 2.72. The first-order valence-corrected chi connectivity index (χ1v) is 6.04. The van der Waals surface area contributed by atoms with Gasteiger partial charge in [0, 0.05) is 5.39 Å². The molecule has 2 amide bonds. The smallest absolute Gasteiger partial charge is 0.336 e. The molecule has 2 aromatic rings. The van der Waals surface area contributed by atoms with Gasteiger partial charge >= 0.3 is 11.9 Å². The molecule has 110 valence electrons. The van der Waals surface area contributed by atoms with E-state index in [9.17, 15) is 29.4 Å². The first kappa shape index (κ1) is 13.7. The summed E-state index contributed by atoms with van der Waals surface area (Å²) in [6, 6.07) is 4.97. The number of aromatic carboxylic acids is 2. The van der Waals surface area contributed by atoms with Crippen molar-refractivity contribution < 1.29 is 29.4 Å². The van der Waals surface area contributed by atoms with Crippen LogP contribution in [0.3, 0.4) is 0 Å². The second-order valence-electron chi connectivity index (χ2n) is 4.67. The first-order valence-electron chi connectivity index (χ1n) is 6.04. The van der Waals surface area contributed by atoms with Crippen molar-refractivity contribution in [2.75, 3.05) is 0 Å². The number of carboxylic acid groups (broad SMARTS) is 2. The van der Waals surface area contributed by atoms with Gasteiger partial charge in [-0.3, -0.25) is 9.59 Å². The lowest BCUT2D eigenvalue weighted by molar-refractivity contribution is 0.0649. The number of fused-ring (bicyclic) bond motifs is 3. The van der Waals surface area contributed by atoms with Gasteiger partial charge in [0.05, 0.1) is 22.3 Å². The molecule has 8 heteroatoms. The first-order chi connectivity index (χ1) is 10.3. The van der Waals surface area contributed by atoms with Gasteiger partial charge in [-0.25, -0.2) is 20.4 Å². The van der Waals surface area contributed by atoms with Crippen LogP contribution in [0.15, 0.2) is 24.3 Å². The number of hydrogen-bond acceptors (Lipinski definition) is 5. The number of amides is 2. The van der Waals surface area contributed by atoms with Crippen molar-refractivity contribution in [2.24, 2.45) is 5.84 Å². The molecule has 0 unspecified atom stereocenters. The maximum Gasteiger partial charge on any atom is 0.336 e. The van der Waals surface area contributed by atoms with Gasteiger partial charge in [-0.15, -0.1) is 0 Å². The molecule has 22 heavy (non-hydrogen) atoms. The van der Waals surface area contributed by atoms with Crippen molar-refractivity contribution in [2.45, 2.75) is 0 Å². The highest BCUT2D eigenvalue weighted by Crippen LogP contribution is 2.33. The maximum atomic E-state index is 12.1. The number of benzene rings is 2. The molecule has 3 rings (SSSR count). The standard InChI is InChI=1S/C14H8N2O6/c15-16-11(17)7-4-8(14(21)22)9-5(10(7)12(16)18)2-1-3-6(9)13(19)20/h1-4H,15H2,(H,19,20)(H,21,22). The van der Waals surface area contributed by atoms with Gasteiger partial charge in [0.1, 0.15) is 0 Å². The third-order valence-corrected chi connectivity index (χ3v) is 3.50. The molecule has 1 aliphatic heterocycles. The van der Waals surface area contributed by atoms with Crippen LogP contribution in [0.4, 0.5) is 0 Å². The molecule has 0 fully saturated rings. The number of rotatable bonds is 2. The van der Waals surface area contributed by atoms with Crippen LogP contribution in [-0.2, 0) is 0 Å². The highest BCUT2D eigenvalue weighted by molar-refractivity contribution is 6.29. The largest absolute Gasteiger partial charge is 0.478 e. The van der Waals surface area contributed by atoms with Gasteiger partial charge in [-0.1, -0.05) is 12.1 Å². The Morgan fingerprint density at radius 2 is 1.64 bits per heavy atom. The summed E-state index contributed by atoms with van der Waals surface area (Å²) in [5.74, 6) is 0.984. The molecule has 1 aliphatic rings. The van der Waals surface area contributed by atoms with E-state index < -0.39 is 23.8 Å². The molecule has 0 bridgehead atoms. The lowest BCUT2D eigenvalue weighted by atomic mass is 9.92. The highest BCUT2D eigenvalue weighted by Gasteiger charge is 2.37. The number of carboxylic acids is 2. The fourth-order valence-corrected chi connectivity index (χ4v) is 2.57. The monoisotopic (exact) mass is 300 g/mol. The van der Waals surface area contributed by atoms with E-state index in [2.05, 4.69) is 0 Å². The molecule has 8 nitrogen and oxygen atoms in total. The SMILES string of the molecule is NN1C(=O)c2cc(C(=O)O)c3c(C(=O)O)cccc3c2C1=O. The summed E-state index contributed by atoms with van der Waals surface area (Å²) in [6.45, 7) is 0. The molecule has 0 aromatic heterocycles. The van der Waals surface area contributed by atoms with Crippen LogP contribution >= 0.6 is 0 Å². The Morgan fingerprint density at radius 3 is 2.23 bits per heavy atom. The highest BCUT2D eigenvalue weighted by atomic mass is 16.4. The van der Waals surface area contributed by atoms with Crippen molar-refractivity contribution in [3.8, 4) is 0 Å². The van der Waals surface area contributed by atoms with E-state index in [1.165, 1.54) is 18.2 Å². The van der Waals surface area contributed by atoms with Crippen molar-refractivity contribution in [3.05, 3.63) is 46.5 Å². The van der Waals surface area contributed by atoms with Crippen LogP contribution in [0.2, 0.25) is 0 Å². The summed E-state index contributed by atoms with van der Waals surface area (Å²) in [6.07, 6.45) is 0. The van der Waals surface area contributed by atoms with E-state index in [-0.39, 0.29) is 33.0 Å². The third kappa shape index (κ3) is 1.61. The molecule has 0 atom stereocenters. The minimum absolute atomic E-state index is 0.0705. The normalized spacial score (nSPS) is 13.6. The molecular formula is C14H8N2O6. The van der Waals surface area contributed by atoms with E-state index in [4.69, 9.17) is 5.84 Å². The number of carbonyl (C=O) groups excluding carboxylic acids is 2. The number of hydrazine groups is 1. The molecule has 0 saturated heterocycles. The van der Waals surface area contributed by atoms with Gasteiger partial charge in [-0.2, -0.15) is 0 Å². The van der Waals surface area contributed by atoms with Crippen molar-refractivity contribution in [1.82, 2.24) is 5.01 Å². The zero-order valence-electron chi connectivity index (χ0n) is 10.9. The Hall–Kier alpha value is -3.26. The second-order valence-corrected chi connectivity index (χ2v) is 4.67.